The third-order valence-electron chi connectivity index (χ3n) is 3.71. The van der Waals surface area contributed by atoms with Gasteiger partial charge in [0.15, 0.2) is 11.0 Å². The number of rotatable bonds is 3. The van der Waals surface area contributed by atoms with Gasteiger partial charge in [0.2, 0.25) is 0 Å². The van der Waals surface area contributed by atoms with Crippen LogP contribution in [0, 0.1) is 5.92 Å². The Morgan fingerprint density at radius 1 is 1.18 bits per heavy atom. The molecular formula is C14H12Cl2N4O2. The molecule has 0 aliphatic carbocycles. The highest BCUT2D eigenvalue weighted by Gasteiger charge is 2.40. The van der Waals surface area contributed by atoms with Crippen LogP contribution in [0.25, 0.3) is 0 Å². The van der Waals surface area contributed by atoms with Crippen LogP contribution in [0.1, 0.15) is 11.6 Å². The normalized spacial score (nSPS) is 21.1. The zero-order valence-electron chi connectivity index (χ0n) is 11.4. The molecule has 0 unspecified atom stereocenters. The lowest BCUT2D eigenvalue weighted by Gasteiger charge is -2.16. The van der Waals surface area contributed by atoms with Crippen LogP contribution in [0.4, 0.5) is 5.82 Å². The average molecular weight is 339 g/mol. The van der Waals surface area contributed by atoms with Crippen molar-refractivity contribution in [3.63, 3.8) is 0 Å². The molecular weight excluding hydrogens is 327 g/mol. The number of hydrogen-bond acceptors (Lipinski definition) is 5. The lowest BCUT2D eigenvalue weighted by atomic mass is 9.93. The van der Waals surface area contributed by atoms with Crippen molar-refractivity contribution in [1.29, 1.82) is 0 Å². The summed E-state index contributed by atoms with van der Waals surface area (Å²) in [7, 11) is 0. The van der Waals surface area contributed by atoms with E-state index in [-0.39, 0.29) is 5.92 Å². The third kappa shape index (κ3) is 2.98. The predicted molar refractivity (Wildman–Crippen MR) is 82.4 cm³/mol. The van der Waals surface area contributed by atoms with Gasteiger partial charge in [0.05, 0.1) is 10.9 Å². The van der Waals surface area contributed by atoms with Crippen LogP contribution in [0.15, 0.2) is 30.5 Å². The maximum Gasteiger partial charge on any atom is 0.309 e. The van der Waals surface area contributed by atoms with Crippen molar-refractivity contribution in [3.05, 3.63) is 46.3 Å². The zero-order valence-corrected chi connectivity index (χ0v) is 12.9. The summed E-state index contributed by atoms with van der Waals surface area (Å²) in [6, 6.07) is 6.84. The Kier molecular flexibility index (Phi) is 4.13. The predicted octanol–water partition coefficient (Wildman–Crippen LogP) is 2.48. The molecule has 114 valence electrons. The van der Waals surface area contributed by atoms with Crippen molar-refractivity contribution < 1.29 is 9.90 Å². The minimum absolute atomic E-state index is 0.229. The first-order valence-corrected chi connectivity index (χ1v) is 7.38. The van der Waals surface area contributed by atoms with Crippen LogP contribution in [0.2, 0.25) is 10.2 Å². The zero-order chi connectivity index (χ0) is 15.7. The molecule has 1 fully saturated rings. The van der Waals surface area contributed by atoms with Gasteiger partial charge < -0.3 is 10.0 Å². The van der Waals surface area contributed by atoms with E-state index in [4.69, 9.17) is 23.2 Å². The highest BCUT2D eigenvalue weighted by atomic mass is 35.5. The number of carbonyl (C=O) groups is 1. The molecule has 8 heteroatoms. The van der Waals surface area contributed by atoms with Crippen LogP contribution in [-0.4, -0.2) is 39.3 Å². The van der Waals surface area contributed by atoms with Gasteiger partial charge in [-0.2, -0.15) is 0 Å². The van der Waals surface area contributed by atoms with Crippen LogP contribution in [-0.2, 0) is 4.79 Å². The topological polar surface area (TPSA) is 79.2 Å². The van der Waals surface area contributed by atoms with E-state index in [1.54, 1.807) is 24.3 Å². The Hall–Kier alpha value is -1.92. The molecule has 2 aromatic rings. The molecule has 1 aliphatic heterocycles. The summed E-state index contributed by atoms with van der Waals surface area (Å²) in [6.45, 7) is 0.850. The second-order valence-electron chi connectivity index (χ2n) is 5.07. The van der Waals surface area contributed by atoms with Crippen molar-refractivity contribution >= 4 is 35.0 Å². The van der Waals surface area contributed by atoms with E-state index in [2.05, 4.69) is 15.2 Å². The van der Waals surface area contributed by atoms with Gasteiger partial charge in [-0.3, -0.25) is 9.78 Å². The van der Waals surface area contributed by atoms with Gasteiger partial charge in [0, 0.05) is 30.9 Å². The number of halogens is 2. The number of hydrogen-bond donors (Lipinski definition) is 1. The van der Waals surface area contributed by atoms with Gasteiger partial charge >= 0.3 is 5.97 Å². The van der Waals surface area contributed by atoms with Crippen molar-refractivity contribution in [1.82, 2.24) is 15.2 Å². The first-order chi connectivity index (χ1) is 10.5. The fraction of sp³-hybridized carbons (Fsp3) is 0.286. The summed E-state index contributed by atoms with van der Waals surface area (Å²) in [5.74, 6) is -1.04. The molecule has 2 aromatic heterocycles. The monoisotopic (exact) mass is 338 g/mol. The SMILES string of the molecule is O=C(O)[C@@H]1CN(c2ccc(Cl)nn2)C[C@H]1c1ccc(Cl)cn1. The Bertz CT molecular complexity index is 678. The molecule has 0 radical (unpaired) electrons. The molecule has 0 spiro atoms. The summed E-state index contributed by atoms with van der Waals surface area (Å²) in [4.78, 5) is 17.7. The summed E-state index contributed by atoms with van der Waals surface area (Å²) in [5, 5.41) is 18.1. The molecule has 22 heavy (non-hydrogen) atoms. The van der Waals surface area contributed by atoms with E-state index in [1.807, 2.05) is 4.90 Å². The van der Waals surface area contributed by atoms with Gasteiger partial charge in [-0.25, -0.2) is 0 Å². The molecule has 6 nitrogen and oxygen atoms in total. The third-order valence-corrected chi connectivity index (χ3v) is 4.13. The van der Waals surface area contributed by atoms with Crippen LogP contribution in [0.3, 0.4) is 0 Å². The summed E-state index contributed by atoms with van der Waals surface area (Å²) < 4.78 is 0. The summed E-state index contributed by atoms with van der Waals surface area (Å²) in [6.07, 6.45) is 1.53. The Morgan fingerprint density at radius 3 is 2.59 bits per heavy atom. The average Bonchev–Trinajstić information content (AvgIpc) is 2.94. The Labute approximate surface area is 136 Å². The number of pyridine rings is 1. The van der Waals surface area contributed by atoms with Crippen LogP contribution in [0.5, 0.6) is 0 Å². The quantitative estimate of drug-likeness (QED) is 0.926. The van der Waals surface area contributed by atoms with Gasteiger partial charge in [0.1, 0.15) is 0 Å². The maximum atomic E-state index is 11.5. The Morgan fingerprint density at radius 2 is 2.00 bits per heavy atom. The molecule has 1 saturated heterocycles. The van der Waals surface area contributed by atoms with Gasteiger partial charge in [-0.1, -0.05) is 23.2 Å². The molecule has 3 rings (SSSR count). The summed E-state index contributed by atoms with van der Waals surface area (Å²) in [5.41, 5.74) is 0.709. The van der Waals surface area contributed by atoms with Crippen LogP contribution < -0.4 is 4.90 Å². The second-order valence-corrected chi connectivity index (χ2v) is 5.90. The standard InChI is InChI=1S/C14H12Cl2N4O2/c15-8-1-2-11(17-5-8)9-6-20(7-10(9)14(21)22)13-4-3-12(16)18-19-13/h1-5,9-10H,6-7H2,(H,21,22)/t9-,10-/m1/s1. The van der Waals surface area contributed by atoms with E-state index in [0.717, 1.165) is 0 Å². The minimum Gasteiger partial charge on any atom is -0.481 e. The smallest absolute Gasteiger partial charge is 0.309 e. The van der Waals surface area contributed by atoms with Gasteiger partial charge in [-0.15, -0.1) is 10.2 Å². The number of aliphatic carboxylic acids is 1. The first-order valence-electron chi connectivity index (χ1n) is 6.63. The lowest BCUT2D eigenvalue weighted by molar-refractivity contribution is -0.141. The molecule has 0 amide bonds. The van der Waals surface area contributed by atoms with E-state index >= 15 is 0 Å². The number of aromatic nitrogens is 3. The molecule has 0 saturated carbocycles. The molecule has 0 aromatic carbocycles. The summed E-state index contributed by atoms with van der Waals surface area (Å²) >= 11 is 11.6. The van der Waals surface area contributed by atoms with Crippen molar-refractivity contribution in [2.24, 2.45) is 5.92 Å². The number of carboxylic acid groups (broad SMARTS) is 1. The minimum atomic E-state index is -0.855. The maximum absolute atomic E-state index is 11.5. The molecule has 1 aliphatic rings. The first kappa shape index (κ1) is 15.0. The van der Waals surface area contributed by atoms with Crippen molar-refractivity contribution in [2.75, 3.05) is 18.0 Å². The molecule has 0 bridgehead atoms. The molecule has 2 atom stereocenters. The van der Waals surface area contributed by atoms with Gasteiger partial charge in [0.25, 0.3) is 0 Å². The highest BCUT2D eigenvalue weighted by Crippen LogP contribution is 2.34. The van der Waals surface area contributed by atoms with Crippen molar-refractivity contribution in [2.45, 2.75) is 5.92 Å². The lowest BCUT2D eigenvalue weighted by Crippen LogP contribution is -2.24. The largest absolute Gasteiger partial charge is 0.481 e. The fourth-order valence-corrected chi connectivity index (χ4v) is 2.84. The fourth-order valence-electron chi connectivity index (χ4n) is 2.63. The second kappa shape index (κ2) is 6.06. The van der Waals surface area contributed by atoms with E-state index in [9.17, 15) is 9.90 Å². The van der Waals surface area contributed by atoms with E-state index < -0.39 is 11.9 Å². The van der Waals surface area contributed by atoms with E-state index in [0.29, 0.717) is 34.8 Å². The number of anilines is 1. The number of carboxylic acids is 1. The van der Waals surface area contributed by atoms with Crippen molar-refractivity contribution in [3.8, 4) is 0 Å². The van der Waals surface area contributed by atoms with Crippen LogP contribution >= 0.6 is 23.2 Å². The van der Waals surface area contributed by atoms with Gasteiger partial charge in [-0.05, 0) is 24.3 Å². The Balaban J connectivity index is 1.87. The van der Waals surface area contributed by atoms with E-state index in [1.165, 1.54) is 6.20 Å². The highest BCUT2D eigenvalue weighted by molar-refractivity contribution is 6.30. The molecule has 3 heterocycles. The molecule has 1 N–H and O–H groups in total. The number of nitrogens with zero attached hydrogens (tertiary/aromatic N) is 4.